The number of carbonyl (C=O) groups excluding carboxylic acids is 1. The molecule has 1 aromatic rings. The number of methoxy groups -OCH3 is 1. The van der Waals surface area contributed by atoms with Crippen LogP contribution in [-0.4, -0.2) is 31.2 Å². The second kappa shape index (κ2) is 6.45. The highest BCUT2D eigenvalue weighted by atomic mass is 16.5. The van der Waals surface area contributed by atoms with Crippen LogP contribution in [0.5, 0.6) is 0 Å². The molecule has 0 atom stereocenters. The zero-order chi connectivity index (χ0) is 12.7. The Hall–Kier alpha value is -2.13. The van der Waals surface area contributed by atoms with Crippen molar-refractivity contribution in [1.29, 1.82) is 5.26 Å². The molecule has 1 rings (SSSR count). The summed E-state index contributed by atoms with van der Waals surface area (Å²) < 4.78 is 9.93. The number of nitriles is 1. The first-order valence-electron chi connectivity index (χ1n) is 4.98. The third kappa shape index (κ3) is 4.09. The fourth-order valence-corrected chi connectivity index (χ4v) is 1.10. The van der Waals surface area contributed by atoms with Gasteiger partial charge in [-0.15, -0.1) is 0 Å². The normalized spacial score (nSPS) is 11.0. The van der Waals surface area contributed by atoms with Crippen LogP contribution in [0.15, 0.2) is 16.2 Å². The van der Waals surface area contributed by atoms with Crippen LogP contribution in [0.1, 0.15) is 11.7 Å². The van der Waals surface area contributed by atoms with E-state index < -0.39 is 5.91 Å². The molecule has 0 fully saturated rings. The molecule has 0 aliphatic rings. The standard InChI is InChI=1S/C11H13N3O3/c1-8-14-7-10(17-8)5-9(6-12)11(15)13-3-4-16-2/h5,7H,3-4H2,1-2H3,(H,13,15)/b9-5+. The molecule has 0 bridgehead atoms. The molecule has 1 N–H and O–H groups in total. The van der Waals surface area contributed by atoms with Gasteiger partial charge in [0.15, 0.2) is 5.89 Å². The summed E-state index contributed by atoms with van der Waals surface area (Å²) in [7, 11) is 1.53. The number of carbonyl (C=O) groups is 1. The van der Waals surface area contributed by atoms with E-state index in [1.54, 1.807) is 13.0 Å². The number of rotatable bonds is 5. The van der Waals surface area contributed by atoms with Crippen molar-refractivity contribution in [3.05, 3.63) is 23.4 Å². The highest BCUT2D eigenvalue weighted by molar-refractivity contribution is 6.01. The molecule has 0 saturated heterocycles. The Balaban J connectivity index is 2.68. The maximum atomic E-state index is 11.5. The molecular weight excluding hydrogens is 222 g/mol. The van der Waals surface area contributed by atoms with Crippen molar-refractivity contribution < 1.29 is 13.9 Å². The number of hydrogen-bond donors (Lipinski definition) is 1. The Bertz CT molecular complexity index is 457. The highest BCUT2D eigenvalue weighted by Gasteiger charge is 2.09. The number of amides is 1. The van der Waals surface area contributed by atoms with Crippen LogP contribution < -0.4 is 5.32 Å². The van der Waals surface area contributed by atoms with Gasteiger partial charge in [0.2, 0.25) is 0 Å². The minimum atomic E-state index is -0.460. The summed E-state index contributed by atoms with van der Waals surface area (Å²) >= 11 is 0. The summed E-state index contributed by atoms with van der Waals surface area (Å²) in [4.78, 5) is 15.4. The molecule has 0 aromatic carbocycles. The zero-order valence-electron chi connectivity index (χ0n) is 9.69. The lowest BCUT2D eigenvalue weighted by Gasteiger charge is -2.02. The van der Waals surface area contributed by atoms with Crippen molar-refractivity contribution in [1.82, 2.24) is 10.3 Å². The number of hydrogen-bond acceptors (Lipinski definition) is 5. The number of ether oxygens (including phenoxy) is 1. The van der Waals surface area contributed by atoms with E-state index in [4.69, 9.17) is 14.4 Å². The molecular formula is C11H13N3O3. The minimum absolute atomic E-state index is 0.0303. The largest absolute Gasteiger partial charge is 0.442 e. The maximum absolute atomic E-state index is 11.5. The van der Waals surface area contributed by atoms with Crippen LogP contribution in [-0.2, 0) is 9.53 Å². The van der Waals surface area contributed by atoms with Gasteiger partial charge in [0.1, 0.15) is 17.4 Å². The van der Waals surface area contributed by atoms with Gasteiger partial charge in [0.05, 0.1) is 12.8 Å². The molecule has 6 heteroatoms. The van der Waals surface area contributed by atoms with Crippen molar-refractivity contribution in [2.24, 2.45) is 0 Å². The molecule has 0 aliphatic carbocycles. The lowest BCUT2D eigenvalue weighted by molar-refractivity contribution is -0.117. The van der Waals surface area contributed by atoms with E-state index in [-0.39, 0.29) is 5.57 Å². The second-order valence-corrected chi connectivity index (χ2v) is 3.20. The summed E-state index contributed by atoms with van der Waals surface area (Å²) in [5.41, 5.74) is -0.0303. The Labute approximate surface area is 98.9 Å². The molecule has 1 heterocycles. The van der Waals surface area contributed by atoms with Crippen molar-refractivity contribution in [2.45, 2.75) is 6.92 Å². The SMILES string of the molecule is COCCNC(=O)/C(C#N)=C/c1cnc(C)o1. The molecule has 0 saturated carbocycles. The van der Waals surface area contributed by atoms with E-state index in [9.17, 15) is 4.79 Å². The summed E-state index contributed by atoms with van der Waals surface area (Å²) in [5, 5.41) is 11.4. The highest BCUT2D eigenvalue weighted by Crippen LogP contribution is 2.08. The van der Waals surface area contributed by atoms with Crippen LogP contribution in [0, 0.1) is 18.3 Å². The number of oxazole rings is 1. The van der Waals surface area contributed by atoms with Crippen molar-refractivity contribution in [2.75, 3.05) is 20.3 Å². The molecule has 0 aliphatic heterocycles. The Kier molecular flexibility index (Phi) is 4.91. The zero-order valence-corrected chi connectivity index (χ0v) is 9.69. The predicted octanol–water partition coefficient (Wildman–Crippen LogP) is 0.653. The lowest BCUT2D eigenvalue weighted by atomic mass is 10.2. The van der Waals surface area contributed by atoms with Gasteiger partial charge < -0.3 is 14.5 Å². The molecule has 0 radical (unpaired) electrons. The van der Waals surface area contributed by atoms with E-state index in [1.807, 2.05) is 0 Å². The maximum Gasteiger partial charge on any atom is 0.262 e. The van der Waals surface area contributed by atoms with E-state index in [0.29, 0.717) is 24.8 Å². The van der Waals surface area contributed by atoms with E-state index in [1.165, 1.54) is 19.4 Å². The predicted molar refractivity (Wildman–Crippen MR) is 59.7 cm³/mol. The topological polar surface area (TPSA) is 88.1 Å². The fourth-order valence-electron chi connectivity index (χ4n) is 1.10. The van der Waals surface area contributed by atoms with Gasteiger partial charge in [-0.05, 0) is 0 Å². The summed E-state index contributed by atoms with van der Waals surface area (Å²) in [6, 6.07) is 1.81. The summed E-state index contributed by atoms with van der Waals surface area (Å²) in [6.07, 6.45) is 2.80. The number of nitrogens with zero attached hydrogens (tertiary/aromatic N) is 2. The first kappa shape index (κ1) is 12.9. The van der Waals surface area contributed by atoms with Gasteiger partial charge >= 0.3 is 0 Å². The number of aryl methyl sites for hydroxylation is 1. The first-order chi connectivity index (χ1) is 8.17. The minimum Gasteiger partial charge on any atom is -0.442 e. The van der Waals surface area contributed by atoms with Crippen molar-refractivity contribution in [3.63, 3.8) is 0 Å². The van der Waals surface area contributed by atoms with E-state index in [2.05, 4.69) is 10.3 Å². The average molecular weight is 235 g/mol. The molecule has 90 valence electrons. The van der Waals surface area contributed by atoms with Gasteiger partial charge in [0.25, 0.3) is 5.91 Å². The van der Waals surface area contributed by atoms with Crippen molar-refractivity contribution >= 4 is 12.0 Å². The van der Waals surface area contributed by atoms with Gasteiger partial charge in [-0.1, -0.05) is 0 Å². The van der Waals surface area contributed by atoms with Gasteiger partial charge in [-0.3, -0.25) is 4.79 Å². The molecule has 1 amide bonds. The van der Waals surface area contributed by atoms with Crippen LogP contribution >= 0.6 is 0 Å². The Morgan fingerprint density at radius 2 is 2.53 bits per heavy atom. The molecule has 17 heavy (non-hydrogen) atoms. The molecule has 0 spiro atoms. The van der Waals surface area contributed by atoms with Gasteiger partial charge in [-0.25, -0.2) is 4.98 Å². The summed E-state index contributed by atoms with van der Waals surface area (Å²) in [6.45, 7) is 2.43. The molecule has 0 unspecified atom stereocenters. The van der Waals surface area contributed by atoms with Crippen molar-refractivity contribution in [3.8, 4) is 6.07 Å². The van der Waals surface area contributed by atoms with Crippen LogP contribution in [0.3, 0.4) is 0 Å². The number of aromatic nitrogens is 1. The van der Waals surface area contributed by atoms with Crippen LogP contribution in [0.2, 0.25) is 0 Å². The fraction of sp³-hybridized carbons (Fsp3) is 0.364. The Morgan fingerprint density at radius 1 is 1.76 bits per heavy atom. The van der Waals surface area contributed by atoms with Crippen LogP contribution in [0.25, 0.3) is 6.08 Å². The first-order valence-corrected chi connectivity index (χ1v) is 4.98. The van der Waals surface area contributed by atoms with E-state index in [0.717, 1.165) is 0 Å². The third-order valence-corrected chi connectivity index (χ3v) is 1.88. The monoisotopic (exact) mass is 235 g/mol. The smallest absolute Gasteiger partial charge is 0.262 e. The van der Waals surface area contributed by atoms with Crippen LogP contribution in [0.4, 0.5) is 0 Å². The lowest BCUT2D eigenvalue weighted by Crippen LogP contribution is -2.27. The Morgan fingerprint density at radius 3 is 3.06 bits per heavy atom. The molecule has 6 nitrogen and oxygen atoms in total. The second-order valence-electron chi connectivity index (χ2n) is 3.20. The molecule has 1 aromatic heterocycles. The van der Waals surface area contributed by atoms with Gasteiger partial charge in [-0.2, -0.15) is 5.26 Å². The average Bonchev–Trinajstić information content (AvgIpc) is 2.72. The quantitative estimate of drug-likeness (QED) is 0.460. The third-order valence-electron chi connectivity index (χ3n) is 1.88. The summed E-state index contributed by atoms with van der Waals surface area (Å²) in [5.74, 6) is 0.396. The van der Waals surface area contributed by atoms with Gasteiger partial charge in [0, 0.05) is 26.7 Å². The van der Waals surface area contributed by atoms with E-state index >= 15 is 0 Å². The number of nitrogens with one attached hydrogen (secondary N) is 1.